The third kappa shape index (κ3) is 4.29. The summed E-state index contributed by atoms with van der Waals surface area (Å²) in [5, 5.41) is 4.91. The van der Waals surface area contributed by atoms with Gasteiger partial charge in [0.05, 0.1) is 23.4 Å². The SMILES string of the molecule is Cc1ccc(C)c(-c2nn(-c3ccccc3)cc2/C=C2/SC(=S)N(Cc3ccco3)C2=O)c1. The van der Waals surface area contributed by atoms with E-state index in [0.717, 1.165) is 33.6 Å². The molecule has 2 aromatic carbocycles. The lowest BCUT2D eigenvalue weighted by atomic mass is 10.0. The van der Waals surface area contributed by atoms with Gasteiger partial charge in [-0.2, -0.15) is 5.10 Å². The van der Waals surface area contributed by atoms with E-state index in [1.54, 1.807) is 17.2 Å². The zero-order chi connectivity index (χ0) is 22.9. The molecule has 5 nitrogen and oxygen atoms in total. The van der Waals surface area contributed by atoms with Gasteiger partial charge in [0.1, 0.15) is 15.8 Å². The Morgan fingerprint density at radius 1 is 1.09 bits per heavy atom. The molecule has 5 rings (SSSR count). The van der Waals surface area contributed by atoms with E-state index in [-0.39, 0.29) is 5.91 Å². The summed E-state index contributed by atoms with van der Waals surface area (Å²) in [5.41, 5.74) is 5.97. The van der Waals surface area contributed by atoms with Crippen LogP contribution in [0.2, 0.25) is 0 Å². The van der Waals surface area contributed by atoms with Gasteiger partial charge in [-0.3, -0.25) is 9.69 Å². The summed E-state index contributed by atoms with van der Waals surface area (Å²) in [6.45, 7) is 4.46. The maximum atomic E-state index is 13.2. The second-order valence-electron chi connectivity index (χ2n) is 7.88. The fourth-order valence-corrected chi connectivity index (χ4v) is 4.99. The molecule has 0 atom stereocenters. The molecule has 33 heavy (non-hydrogen) atoms. The van der Waals surface area contributed by atoms with Gasteiger partial charge in [0, 0.05) is 17.3 Å². The summed E-state index contributed by atoms with van der Waals surface area (Å²) in [6.07, 6.45) is 5.45. The highest BCUT2D eigenvalue weighted by molar-refractivity contribution is 8.26. The Bertz CT molecular complexity index is 1370. The van der Waals surface area contributed by atoms with Crippen molar-refractivity contribution in [2.75, 3.05) is 0 Å². The van der Waals surface area contributed by atoms with Gasteiger partial charge in [-0.1, -0.05) is 59.9 Å². The van der Waals surface area contributed by atoms with Crippen molar-refractivity contribution in [2.45, 2.75) is 20.4 Å². The molecule has 3 heterocycles. The van der Waals surface area contributed by atoms with E-state index in [1.807, 2.05) is 53.4 Å². The van der Waals surface area contributed by atoms with Crippen LogP contribution in [0.1, 0.15) is 22.5 Å². The number of hydrogen-bond donors (Lipinski definition) is 0. The van der Waals surface area contributed by atoms with Crippen LogP contribution in [-0.4, -0.2) is 24.9 Å². The Kier molecular flexibility index (Phi) is 5.74. The number of carbonyl (C=O) groups excluding carboxylic acids is 1. The molecule has 1 amide bonds. The number of nitrogens with zero attached hydrogens (tertiary/aromatic N) is 3. The average Bonchev–Trinajstić information content (AvgIpc) is 3.54. The Hall–Kier alpha value is -3.42. The first kappa shape index (κ1) is 21.4. The predicted octanol–water partition coefficient (Wildman–Crippen LogP) is 6.15. The Morgan fingerprint density at radius 2 is 1.91 bits per heavy atom. The van der Waals surface area contributed by atoms with Crippen molar-refractivity contribution in [1.82, 2.24) is 14.7 Å². The summed E-state index contributed by atoms with van der Waals surface area (Å²) >= 11 is 6.80. The van der Waals surface area contributed by atoms with Gasteiger partial charge in [-0.25, -0.2) is 4.68 Å². The van der Waals surface area contributed by atoms with E-state index in [1.165, 1.54) is 11.8 Å². The largest absolute Gasteiger partial charge is 0.467 e. The lowest BCUT2D eigenvalue weighted by molar-refractivity contribution is -0.122. The van der Waals surface area contributed by atoms with Gasteiger partial charge in [0.2, 0.25) is 0 Å². The zero-order valence-electron chi connectivity index (χ0n) is 18.2. The monoisotopic (exact) mass is 471 g/mol. The Morgan fingerprint density at radius 3 is 2.67 bits per heavy atom. The Balaban J connectivity index is 1.58. The first-order chi connectivity index (χ1) is 16.0. The van der Waals surface area contributed by atoms with Crippen LogP contribution in [0.3, 0.4) is 0 Å². The summed E-state index contributed by atoms with van der Waals surface area (Å²) in [7, 11) is 0. The van der Waals surface area contributed by atoms with Crippen LogP contribution < -0.4 is 0 Å². The molecule has 0 saturated carbocycles. The Labute approximate surface area is 201 Å². The zero-order valence-corrected chi connectivity index (χ0v) is 19.8. The number of furan rings is 1. The maximum absolute atomic E-state index is 13.2. The molecule has 0 unspecified atom stereocenters. The minimum Gasteiger partial charge on any atom is -0.467 e. The second-order valence-corrected chi connectivity index (χ2v) is 9.55. The number of benzene rings is 2. The minimum absolute atomic E-state index is 0.124. The third-order valence-corrected chi connectivity index (χ3v) is 6.84. The first-order valence-electron chi connectivity index (χ1n) is 10.5. The highest BCUT2D eigenvalue weighted by Gasteiger charge is 2.33. The van der Waals surface area contributed by atoms with Gasteiger partial charge in [-0.05, 0) is 55.8 Å². The molecule has 0 radical (unpaired) electrons. The smallest absolute Gasteiger partial charge is 0.266 e. The number of thioether (sulfide) groups is 1. The molecule has 1 saturated heterocycles. The van der Waals surface area contributed by atoms with Crippen LogP contribution in [0.25, 0.3) is 23.0 Å². The molecule has 1 aliphatic rings. The molecule has 2 aromatic heterocycles. The highest BCUT2D eigenvalue weighted by Crippen LogP contribution is 2.36. The summed E-state index contributed by atoms with van der Waals surface area (Å²) in [4.78, 5) is 15.3. The molecule has 0 N–H and O–H groups in total. The molecular formula is C26H21N3O2S2. The molecule has 1 fully saturated rings. The molecule has 0 bridgehead atoms. The molecule has 7 heteroatoms. The first-order valence-corrected chi connectivity index (χ1v) is 11.7. The standard InChI is InChI=1S/C26H21N3O2S2/c1-17-10-11-18(2)22(13-17)24-19(15-29(27-24)20-7-4-3-5-8-20)14-23-25(30)28(26(32)33-23)16-21-9-6-12-31-21/h3-15H,16H2,1-2H3/b23-14+. The normalized spacial score (nSPS) is 15.1. The number of aryl methyl sites for hydroxylation is 2. The average molecular weight is 472 g/mol. The van der Waals surface area contributed by atoms with Gasteiger partial charge in [0.15, 0.2) is 0 Å². The number of thiocarbonyl (C=S) groups is 1. The molecule has 4 aromatic rings. The van der Waals surface area contributed by atoms with Crippen LogP contribution in [0.5, 0.6) is 0 Å². The van der Waals surface area contributed by atoms with Crippen molar-refractivity contribution in [2.24, 2.45) is 0 Å². The van der Waals surface area contributed by atoms with Crippen molar-refractivity contribution < 1.29 is 9.21 Å². The predicted molar refractivity (Wildman–Crippen MR) is 136 cm³/mol. The minimum atomic E-state index is -0.124. The van der Waals surface area contributed by atoms with Crippen LogP contribution in [0, 0.1) is 13.8 Å². The van der Waals surface area contributed by atoms with Gasteiger partial charge < -0.3 is 4.42 Å². The van der Waals surface area contributed by atoms with Crippen molar-refractivity contribution in [3.8, 4) is 16.9 Å². The van der Waals surface area contributed by atoms with E-state index in [0.29, 0.717) is 21.5 Å². The number of carbonyl (C=O) groups is 1. The lowest BCUT2D eigenvalue weighted by Gasteiger charge is -2.12. The number of hydrogen-bond acceptors (Lipinski definition) is 5. The number of amides is 1. The number of para-hydroxylation sites is 1. The van der Waals surface area contributed by atoms with Crippen LogP contribution >= 0.6 is 24.0 Å². The summed E-state index contributed by atoms with van der Waals surface area (Å²) in [5.74, 6) is 0.571. The fraction of sp³-hybridized carbons (Fsp3) is 0.115. The van der Waals surface area contributed by atoms with Crippen molar-refractivity contribution >= 4 is 40.3 Å². The number of rotatable bonds is 5. The molecule has 1 aliphatic heterocycles. The van der Waals surface area contributed by atoms with Gasteiger partial charge >= 0.3 is 0 Å². The quantitative estimate of drug-likeness (QED) is 0.258. The molecule has 0 aliphatic carbocycles. The van der Waals surface area contributed by atoms with Crippen molar-refractivity contribution in [3.05, 3.63) is 100 Å². The van der Waals surface area contributed by atoms with E-state index in [9.17, 15) is 4.79 Å². The van der Waals surface area contributed by atoms with E-state index in [4.69, 9.17) is 21.7 Å². The maximum Gasteiger partial charge on any atom is 0.266 e. The summed E-state index contributed by atoms with van der Waals surface area (Å²) < 4.78 is 7.78. The van der Waals surface area contributed by atoms with E-state index < -0.39 is 0 Å². The molecule has 164 valence electrons. The van der Waals surface area contributed by atoms with Crippen LogP contribution in [-0.2, 0) is 11.3 Å². The van der Waals surface area contributed by atoms with Crippen molar-refractivity contribution in [3.63, 3.8) is 0 Å². The van der Waals surface area contributed by atoms with Crippen LogP contribution in [0.15, 0.2) is 82.4 Å². The lowest BCUT2D eigenvalue weighted by Crippen LogP contribution is -2.27. The number of aromatic nitrogens is 2. The van der Waals surface area contributed by atoms with Gasteiger partial charge in [0.25, 0.3) is 5.91 Å². The summed E-state index contributed by atoms with van der Waals surface area (Å²) in [6, 6.07) is 19.9. The molecular weight excluding hydrogens is 450 g/mol. The third-order valence-electron chi connectivity index (χ3n) is 5.47. The molecule has 0 spiro atoms. The van der Waals surface area contributed by atoms with Crippen LogP contribution in [0.4, 0.5) is 0 Å². The van der Waals surface area contributed by atoms with Crippen molar-refractivity contribution in [1.29, 1.82) is 0 Å². The fourth-order valence-electron chi connectivity index (χ4n) is 3.74. The van der Waals surface area contributed by atoms with E-state index >= 15 is 0 Å². The van der Waals surface area contributed by atoms with Gasteiger partial charge in [-0.15, -0.1) is 0 Å². The van der Waals surface area contributed by atoms with E-state index in [2.05, 4.69) is 32.0 Å². The second kappa shape index (κ2) is 8.84. The topological polar surface area (TPSA) is 51.3 Å². The highest BCUT2D eigenvalue weighted by atomic mass is 32.2.